The van der Waals surface area contributed by atoms with Crippen LogP contribution in [-0.4, -0.2) is 63.6 Å². The molecule has 1 fully saturated rings. The Labute approximate surface area is 171 Å². The Morgan fingerprint density at radius 3 is 2.62 bits per heavy atom. The molecule has 0 radical (unpaired) electrons. The highest BCUT2D eigenvalue weighted by Crippen LogP contribution is 2.37. The minimum atomic E-state index is -0.572. The van der Waals surface area contributed by atoms with Gasteiger partial charge < -0.3 is 19.5 Å². The van der Waals surface area contributed by atoms with E-state index >= 15 is 0 Å². The first-order chi connectivity index (χ1) is 13.8. The first kappa shape index (κ1) is 20.3. The van der Waals surface area contributed by atoms with Crippen LogP contribution in [0.4, 0.5) is 0 Å². The third-order valence-electron chi connectivity index (χ3n) is 5.42. The highest BCUT2D eigenvalue weighted by molar-refractivity contribution is 7.18. The highest BCUT2D eigenvalue weighted by atomic mass is 32.1. The van der Waals surface area contributed by atoms with Gasteiger partial charge in [-0.15, -0.1) is 11.3 Å². The largest absolute Gasteiger partial charge is 0.395 e. The number of carbonyl (C=O) groups is 1. The number of amides is 1. The second-order valence-corrected chi connectivity index (χ2v) is 9.03. The van der Waals surface area contributed by atoms with E-state index in [4.69, 9.17) is 9.47 Å². The predicted octanol–water partition coefficient (Wildman–Crippen LogP) is -0.0729. The molecule has 0 aliphatic carbocycles. The number of thiophene rings is 1. The van der Waals surface area contributed by atoms with Crippen LogP contribution in [0.5, 0.6) is 0 Å². The van der Waals surface area contributed by atoms with Gasteiger partial charge in [-0.05, 0) is 19.4 Å². The number of aliphatic hydroxyl groups is 1. The molecule has 29 heavy (non-hydrogen) atoms. The van der Waals surface area contributed by atoms with E-state index in [0.717, 1.165) is 15.0 Å². The third kappa shape index (κ3) is 3.65. The summed E-state index contributed by atoms with van der Waals surface area (Å²) in [5, 5.41) is 9.84. The summed E-state index contributed by atoms with van der Waals surface area (Å²) >= 11 is 1.34. The standard InChI is InChI=1S/C19H25N3O6S/c1-19(2)9-12-13(11-28-19)29-17-15(12)16(25)21(3-6-23)18(26)22(17)10-14(24)20-4-7-27-8-5-20/h23H,3-11H2,1-2H3. The van der Waals surface area contributed by atoms with E-state index in [1.165, 1.54) is 15.9 Å². The Kier molecular flexibility index (Phi) is 5.36. The zero-order chi connectivity index (χ0) is 20.8. The molecule has 1 saturated heterocycles. The number of hydrogen-bond acceptors (Lipinski definition) is 7. The van der Waals surface area contributed by atoms with Gasteiger partial charge in [-0.3, -0.25) is 18.7 Å². The number of ether oxygens (including phenoxy) is 2. The number of aliphatic hydroxyl groups excluding tert-OH is 1. The minimum Gasteiger partial charge on any atom is -0.395 e. The normalized spacial score (nSPS) is 18.8. The van der Waals surface area contributed by atoms with Crippen LogP contribution in [0.3, 0.4) is 0 Å². The monoisotopic (exact) mass is 423 g/mol. The lowest BCUT2D eigenvalue weighted by Crippen LogP contribution is -2.46. The maximum Gasteiger partial charge on any atom is 0.332 e. The fourth-order valence-electron chi connectivity index (χ4n) is 3.89. The molecule has 0 spiro atoms. The molecule has 9 nitrogen and oxygen atoms in total. The van der Waals surface area contributed by atoms with Crippen LogP contribution in [0.2, 0.25) is 0 Å². The average molecular weight is 423 g/mol. The van der Waals surface area contributed by atoms with Crippen LogP contribution in [0, 0.1) is 0 Å². The van der Waals surface area contributed by atoms with Gasteiger partial charge in [-0.2, -0.15) is 0 Å². The maximum atomic E-state index is 13.1. The molecule has 2 aliphatic heterocycles. The van der Waals surface area contributed by atoms with E-state index in [1.54, 1.807) is 4.90 Å². The van der Waals surface area contributed by atoms with E-state index in [9.17, 15) is 19.5 Å². The zero-order valence-corrected chi connectivity index (χ0v) is 17.4. The van der Waals surface area contributed by atoms with Gasteiger partial charge in [-0.25, -0.2) is 4.79 Å². The Morgan fingerprint density at radius 1 is 1.21 bits per heavy atom. The number of hydrogen-bond donors (Lipinski definition) is 1. The fraction of sp³-hybridized carbons (Fsp3) is 0.632. The Balaban J connectivity index is 1.87. The van der Waals surface area contributed by atoms with Crippen molar-refractivity contribution in [2.45, 2.75) is 45.6 Å². The molecule has 1 amide bonds. The summed E-state index contributed by atoms with van der Waals surface area (Å²) in [6, 6.07) is 0. The molecule has 158 valence electrons. The number of fused-ring (bicyclic) bond motifs is 3. The summed E-state index contributed by atoms with van der Waals surface area (Å²) in [6.07, 6.45) is 0.548. The molecule has 0 saturated carbocycles. The highest BCUT2D eigenvalue weighted by Gasteiger charge is 2.32. The van der Waals surface area contributed by atoms with Gasteiger partial charge in [0, 0.05) is 24.4 Å². The fourth-order valence-corrected chi connectivity index (χ4v) is 5.10. The Morgan fingerprint density at radius 2 is 1.93 bits per heavy atom. The van der Waals surface area contributed by atoms with Crippen molar-refractivity contribution in [1.82, 2.24) is 14.0 Å². The second kappa shape index (κ2) is 7.67. The van der Waals surface area contributed by atoms with E-state index in [0.29, 0.717) is 49.5 Å². The van der Waals surface area contributed by atoms with Gasteiger partial charge in [0.15, 0.2) is 0 Å². The average Bonchev–Trinajstić information content (AvgIpc) is 3.06. The molecular formula is C19H25N3O6S. The van der Waals surface area contributed by atoms with Crippen LogP contribution in [0.1, 0.15) is 24.3 Å². The second-order valence-electron chi connectivity index (χ2n) is 7.95. The molecule has 1 N–H and O–H groups in total. The van der Waals surface area contributed by atoms with Crippen molar-refractivity contribution in [3.8, 4) is 0 Å². The molecule has 0 bridgehead atoms. The van der Waals surface area contributed by atoms with Crippen LogP contribution in [0.25, 0.3) is 10.2 Å². The molecule has 10 heteroatoms. The lowest BCUT2D eigenvalue weighted by atomic mass is 9.94. The molecule has 0 atom stereocenters. The smallest absolute Gasteiger partial charge is 0.332 e. The van der Waals surface area contributed by atoms with Gasteiger partial charge in [0.1, 0.15) is 11.4 Å². The molecule has 0 unspecified atom stereocenters. The van der Waals surface area contributed by atoms with Crippen molar-refractivity contribution in [2.24, 2.45) is 0 Å². The molecule has 4 heterocycles. The topological polar surface area (TPSA) is 103 Å². The van der Waals surface area contributed by atoms with Gasteiger partial charge in [0.05, 0.1) is 44.0 Å². The van der Waals surface area contributed by atoms with Crippen LogP contribution >= 0.6 is 11.3 Å². The quantitative estimate of drug-likeness (QED) is 0.738. The lowest BCUT2D eigenvalue weighted by Gasteiger charge is -2.30. The summed E-state index contributed by atoms with van der Waals surface area (Å²) in [6.45, 7) is 5.61. The first-order valence-corrected chi connectivity index (χ1v) is 10.5. The van der Waals surface area contributed by atoms with Gasteiger partial charge in [0.25, 0.3) is 5.56 Å². The number of rotatable bonds is 4. The summed E-state index contributed by atoms with van der Waals surface area (Å²) in [7, 11) is 0. The van der Waals surface area contributed by atoms with Gasteiger partial charge >= 0.3 is 5.69 Å². The maximum absolute atomic E-state index is 13.1. The first-order valence-electron chi connectivity index (χ1n) is 9.70. The summed E-state index contributed by atoms with van der Waals surface area (Å²) < 4.78 is 13.6. The Bertz CT molecular complexity index is 1060. The number of morpholine rings is 1. The van der Waals surface area contributed by atoms with E-state index < -0.39 is 16.9 Å². The van der Waals surface area contributed by atoms with Gasteiger partial charge in [-0.1, -0.05) is 0 Å². The van der Waals surface area contributed by atoms with Crippen molar-refractivity contribution in [2.75, 3.05) is 32.9 Å². The van der Waals surface area contributed by atoms with Crippen LogP contribution in [0.15, 0.2) is 9.59 Å². The lowest BCUT2D eigenvalue weighted by molar-refractivity contribution is -0.135. The van der Waals surface area contributed by atoms with Crippen molar-refractivity contribution in [3.05, 3.63) is 31.3 Å². The van der Waals surface area contributed by atoms with Crippen molar-refractivity contribution in [1.29, 1.82) is 0 Å². The number of nitrogens with zero attached hydrogens (tertiary/aromatic N) is 3. The van der Waals surface area contributed by atoms with E-state index in [2.05, 4.69) is 0 Å². The van der Waals surface area contributed by atoms with Crippen molar-refractivity contribution in [3.63, 3.8) is 0 Å². The molecular weight excluding hydrogens is 398 g/mol. The molecule has 4 rings (SSSR count). The summed E-state index contributed by atoms with van der Waals surface area (Å²) in [4.78, 5) is 42.1. The number of aromatic nitrogens is 2. The van der Waals surface area contributed by atoms with Crippen LogP contribution in [-0.2, 0) is 40.4 Å². The molecule has 2 aliphatic rings. The predicted molar refractivity (Wildman–Crippen MR) is 107 cm³/mol. The van der Waals surface area contributed by atoms with Gasteiger partial charge in [0.2, 0.25) is 5.91 Å². The van der Waals surface area contributed by atoms with Crippen molar-refractivity contribution < 1.29 is 19.4 Å². The Hall–Kier alpha value is -2.01. The van der Waals surface area contributed by atoms with Crippen LogP contribution < -0.4 is 11.2 Å². The molecule has 2 aromatic rings. The minimum absolute atomic E-state index is 0.107. The van der Waals surface area contributed by atoms with Crippen molar-refractivity contribution >= 4 is 27.5 Å². The third-order valence-corrected chi connectivity index (χ3v) is 6.64. The van der Waals surface area contributed by atoms with E-state index in [1.807, 2.05) is 13.8 Å². The van der Waals surface area contributed by atoms with E-state index in [-0.39, 0.29) is 25.6 Å². The number of carbonyl (C=O) groups excluding carboxylic acids is 1. The summed E-state index contributed by atoms with van der Waals surface area (Å²) in [5.41, 5.74) is -0.522. The summed E-state index contributed by atoms with van der Waals surface area (Å²) in [5.74, 6) is -0.186. The zero-order valence-electron chi connectivity index (χ0n) is 16.6. The molecule has 2 aromatic heterocycles. The molecule has 0 aromatic carbocycles. The SMILES string of the molecule is CC1(C)Cc2c(sc3c2c(=O)n(CCO)c(=O)n3CC(=O)N2CCOCC2)CO1.